The average molecular weight is 954 g/mol. The Bertz CT molecular complexity index is 1410. The summed E-state index contributed by atoms with van der Waals surface area (Å²) in [7, 11) is -5.04. The SMILES string of the molecule is CCCCCCCCCCCCCCCCCCC/C=C/CCCOC(=O)c1cccc(S(=O)(=O)[O-])c1C(=O)OCCC/C=C/CCCCCCCCCCCCCCCCCCC.[K+]. The molecule has 0 N–H and O–H groups in total. The first kappa shape index (κ1) is 64.2. The van der Waals surface area contributed by atoms with Crippen LogP contribution in [-0.2, 0) is 19.6 Å². The summed E-state index contributed by atoms with van der Waals surface area (Å²) in [5.41, 5.74) is -0.823. The predicted octanol–water partition coefficient (Wildman–Crippen LogP) is 14.7. The van der Waals surface area contributed by atoms with Crippen LogP contribution in [0.5, 0.6) is 0 Å². The number of hydrogen-bond donors (Lipinski definition) is 0. The number of rotatable bonds is 47. The van der Waals surface area contributed by atoms with E-state index in [-0.39, 0.29) is 70.2 Å². The Morgan fingerprint density at radius 1 is 0.431 bits per heavy atom. The molecule has 0 saturated carbocycles. The summed E-state index contributed by atoms with van der Waals surface area (Å²) in [6.45, 7) is 4.70. The van der Waals surface area contributed by atoms with Crippen LogP contribution in [0.15, 0.2) is 47.4 Å². The van der Waals surface area contributed by atoms with Gasteiger partial charge in [-0.3, -0.25) is 0 Å². The standard InChI is InChI=1S/C56H98O7S.K/c1-3-5-7-9-11-13-15-17-19-21-23-25-27-29-31-33-35-37-39-41-43-45-50-62-55(57)52-48-47-49-53(64(59,60)61)54(52)56(58)63-51-46-44-42-40-38-36-34-32-30-28-26-24-22-20-18-16-14-12-10-8-6-4-2;/h39-42,47-49H,3-38,43-46,50-51H2,1-2H3,(H,59,60,61);/q;+1/p-1/b41-39+,42-40+;. The number of carbonyl (C=O) groups is 2. The van der Waals surface area contributed by atoms with Crippen LogP contribution in [0.4, 0.5) is 0 Å². The first-order valence-corrected chi connectivity index (χ1v) is 28.5. The second-order valence-electron chi connectivity index (χ2n) is 18.5. The minimum Gasteiger partial charge on any atom is -0.744 e. The van der Waals surface area contributed by atoms with Crippen molar-refractivity contribution in [1.29, 1.82) is 0 Å². The summed E-state index contributed by atoms with van der Waals surface area (Å²) in [4.78, 5) is 25.3. The van der Waals surface area contributed by atoms with Gasteiger partial charge in [-0.25, -0.2) is 18.0 Å². The van der Waals surface area contributed by atoms with E-state index >= 15 is 0 Å². The van der Waals surface area contributed by atoms with Gasteiger partial charge >= 0.3 is 63.3 Å². The largest absolute Gasteiger partial charge is 1.00 e. The fraction of sp³-hybridized carbons (Fsp3) is 0.786. The van der Waals surface area contributed by atoms with Crippen molar-refractivity contribution in [2.24, 2.45) is 0 Å². The van der Waals surface area contributed by atoms with Crippen molar-refractivity contribution >= 4 is 22.1 Å². The molecule has 370 valence electrons. The van der Waals surface area contributed by atoms with Crippen molar-refractivity contribution in [1.82, 2.24) is 0 Å². The van der Waals surface area contributed by atoms with Gasteiger partial charge < -0.3 is 14.0 Å². The molecule has 0 fully saturated rings. The van der Waals surface area contributed by atoms with Crippen molar-refractivity contribution in [2.45, 2.75) is 276 Å². The van der Waals surface area contributed by atoms with Crippen LogP contribution in [0, 0.1) is 0 Å². The molecule has 0 bridgehead atoms. The van der Waals surface area contributed by atoms with Gasteiger partial charge in [0.25, 0.3) is 0 Å². The fourth-order valence-electron chi connectivity index (χ4n) is 8.45. The Hall–Kier alpha value is -0.814. The van der Waals surface area contributed by atoms with Crippen molar-refractivity contribution < 1.29 is 83.4 Å². The van der Waals surface area contributed by atoms with Gasteiger partial charge in [-0.05, 0) is 63.5 Å². The van der Waals surface area contributed by atoms with Crippen LogP contribution in [0.1, 0.15) is 291 Å². The summed E-state index contributed by atoms with van der Waals surface area (Å²) >= 11 is 0. The Morgan fingerprint density at radius 3 is 1.02 bits per heavy atom. The summed E-state index contributed by atoms with van der Waals surface area (Å²) in [6.07, 6.45) is 59.5. The zero-order valence-electron chi connectivity index (χ0n) is 42.5. The summed E-state index contributed by atoms with van der Waals surface area (Å²) in [5, 5.41) is 0. The molecule has 0 atom stereocenters. The Kier molecular flexibility index (Phi) is 47.6. The third kappa shape index (κ3) is 39.7. The maximum atomic E-state index is 13.1. The summed E-state index contributed by atoms with van der Waals surface area (Å²) in [5.74, 6) is -1.86. The molecule has 0 aliphatic carbocycles. The molecule has 0 radical (unpaired) electrons. The molecule has 1 aromatic rings. The summed E-state index contributed by atoms with van der Waals surface area (Å²) in [6, 6.07) is 3.60. The molecule has 7 nitrogen and oxygen atoms in total. The Morgan fingerprint density at radius 2 is 0.708 bits per heavy atom. The number of benzene rings is 1. The molecule has 1 rings (SSSR count). The molecular formula is C56H97KO7S. The molecule has 0 saturated heterocycles. The zero-order valence-corrected chi connectivity index (χ0v) is 46.4. The first-order valence-electron chi connectivity index (χ1n) is 27.1. The third-order valence-corrected chi connectivity index (χ3v) is 13.4. The average Bonchev–Trinajstić information content (AvgIpc) is 3.28. The van der Waals surface area contributed by atoms with E-state index in [1.807, 2.05) is 0 Å². The molecule has 9 heteroatoms. The monoisotopic (exact) mass is 953 g/mol. The molecule has 0 aliphatic heterocycles. The quantitative estimate of drug-likeness (QED) is 0.0210. The number of allylic oxidation sites excluding steroid dienone is 4. The van der Waals surface area contributed by atoms with E-state index in [0.29, 0.717) is 19.3 Å². The van der Waals surface area contributed by atoms with Gasteiger partial charge in [-0.2, -0.15) is 0 Å². The van der Waals surface area contributed by atoms with E-state index in [4.69, 9.17) is 9.47 Å². The molecular weight excluding hydrogens is 856 g/mol. The van der Waals surface area contributed by atoms with Gasteiger partial charge in [-0.15, -0.1) is 0 Å². The van der Waals surface area contributed by atoms with E-state index in [1.165, 1.54) is 230 Å². The normalized spacial score (nSPS) is 11.7. The maximum absolute atomic E-state index is 13.1. The van der Waals surface area contributed by atoms with E-state index in [9.17, 15) is 22.6 Å². The molecule has 0 heterocycles. The maximum Gasteiger partial charge on any atom is 1.00 e. The molecule has 1 aromatic carbocycles. The van der Waals surface area contributed by atoms with Gasteiger partial charge in [0.15, 0.2) is 0 Å². The molecule has 65 heavy (non-hydrogen) atoms. The van der Waals surface area contributed by atoms with Gasteiger partial charge in [0, 0.05) is 0 Å². The molecule has 0 amide bonds. The molecule has 0 aliphatic rings. The zero-order chi connectivity index (χ0) is 46.4. The number of hydrogen-bond acceptors (Lipinski definition) is 7. The predicted molar refractivity (Wildman–Crippen MR) is 269 cm³/mol. The van der Waals surface area contributed by atoms with Crippen molar-refractivity contribution in [2.75, 3.05) is 13.2 Å². The van der Waals surface area contributed by atoms with Crippen LogP contribution in [0.3, 0.4) is 0 Å². The number of ether oxygens (including phenoxy) is 2. The van der Waals surface area contributed by atoms with Gasteiger partial charge in [0.1, 0.15) is 10.1 Å². The van der Waals surface area contributed by atoms with Crippen LogP contribution in [0.2, 0.25) is 0 Å². The minimum absolute atomic E-state index is 0. The number of unbranched alkanes of at least 4 members (excludes halogenated alkanes) is 36. The van der Waals surface area contributed by atoms with Gasteiger partial charge in [0.05, 0.1) is 29.2 Å². The van der Waals surface area contributed by atoms with E-state index < -0.39 is 32.5 Å². The van der Waals surface area contributed by atoms with Crippen LogP contribution in [0.25, 0.3) is 0 Å². The van der Waals surface area contributed by atoms with Crippen LogP contribution >= 0.6 is 0 Å². The van der Waals surface area contributed by atoms with E-state index in [0.717, 1.165) is 25.3 Å². The molecule has 0 aromatic heterocycles. The van der Waals surface area contributed by atoms with Crippen molar-refractivity contribution in [3.63, 3.8) is 0 Å². The van der Waals surface area contributed by atoms with E-state index in [1.54, 1.807) is 0 Å². The van der Waals surface area contributed by atoms with Gasteiger partial charge in [-0.1, -0.05) is 250 Å². The smallest absolute Gasteiger partial charge is 0.744 e. The topological polar surface area (TPSA) is 110 Å². The van der Waals surface area contributed by atoms with Crippen LogP contribution < -0.4 is 51.4 Å². The first-order chi connectivity index (χ1) is 31.3. The number of esters is 2. The third-order valence-electron chi connectivity index (χ3n) is 12.5. The minimum atomic E-state index is -5.04. The second-order valence-corrected chi connectivity index (χ2v) is 19.9. The Balaban J connectivity index is 0.0000410. The molecule has 0 unspecified atom stereocenters. The van der Waals surface area contributed by atoms with E-state index in [2.05, 4.69) is 38.2 Å². The Labute approximate surface area is 443 Å². The van der Waals surface area contributed by atoms with Crippen molar-refractivity contribution in [3.8, 4) is 0 Å². The number of carbonyl (C=O) groups excluding carboxylic acids is 2. The molecule has 0 spiro atoms. The van der Waals surface area contributed by atoms with Crippen molar-refractivity contribution in [3.05, 3.63) is 53.6 Å². The van der Waals surface area contributed by atoms with Gasteiger partial charge in [0.2, 0.25) is 0 Å². The summed E-state index contributed by atoms with van der Waals surface area (Å²) < 4.78 is 46.9. The van der Waals surface area contributed by atoms with Crippen LogP contribution in [-0.4, -0.2) is 38.1 Å². The fourth-order valence-corrected chi connectivity index (χ4v) is 9.14. The second kappa shape index (κ2) is 48.2.